The molecule has 2 aliphatic carbocycles. The molecule has 0 aromatic heterocycles. The smallest absolute Gasteiger partial charge is 0.346 e. The van der Waals surface area contributed by atoms with Gasteiger partial charge < -0.3 is 4.74 Å². The van der Waals surface area contributed by atoms with Crippen molar-refractivity contribution in [3.63, 3.8) is 0 Å². The quantitative estimate of drug-likeness (QED) is 0.251. The summed E-state index contributed by atoms with van der Waals surface area (Å²) in [5.74, 6) is -1.86. The highest BCUT2D eigenvalue weighted by Gasteiger charge is 2.37. The highest BCUT2D eigenvalue weighted by atomic mass is 19.2. The van der Waals surface area contributed by atoms with Crippen molar-refractivity contribution < 1.29 is 22.7 Å². The first-order valence-corrected chi connectivity index (χ1v) is 11.9. The van der Waals surface area contributed by atoms with E-state index in [1.165, 1.54) is 43.5 Å². The van der Waals surface area contributed by atoms with E-state index in [9.17, 15) is 13.6 Å². The van der Waals surface area contributed by atoms with Gasteiger partial charge in [-0.05, 0) is 98.8 Å². The molecule has 2 aromatic rings. The Morgan fingerprint density at radius 3 is 2.55 bits per heavy atom. The number of rotatable bonds is 6. The summed E-state index contributed by atoms with van der Waals surface area (Å²) in [6, 6.07) is 6.75. The van der Waals surface area contributed by atoms with Gasteiger partial charge in [-0.2, -0.15) is 0 Å². The Bertz CT molecular complexity index is 1030. The molecule has 33 heavy (non-hydrogen) atoms. The first-order valence-electron chi connectivity index (χ1n) is 11.9. The van der Waals surface area contributed by atoms with Crippen LogP contribution in [0.1, 0.15) is 78.8 Å². The third-order valence-electron chi connectivity index (χ3n) is 7.63. The Balaban J connectivity index is 1.44. The minimum absolute atomic E-state index is 0.0401. The number of hydrogen-bond donors (Lipinski definition) is 0. The van der Waals surface area contributed by atoms with Crippen molar-refractivity contribution >= 4 is 5.97 Å². The van der Waals surface area contributed by atoms with Gasteiger partial charge >= 0.3 is 5.97 Å². The van der Waals surface area contributed by atoms with Gasteiger partial charge in [0.2, 0.25) is 0 Å². The van der Waals surface area contributed by atoms with Crippen LogP contribution in [0.25, 0.3) is 0 Å². The standard InChI is InChI=1S/C28H31F3O2/c1-3-4-5-18-7-8-20-15-21(10-9-19(20)14-18)23-12-13-24(27(31)26(23)30)28(32)33-22-11-6-17(2)25(29)16-22/h3,6,11-13,16,18-21H,1,4-5,7-10,14-15H2,2H3. The maximum absolute atomic E-state index is 15.0. The lowest BCUT2D eigenvalue weighted by Crippen LogP contribution is -2.30. The number of benzene rings is 2. The number of halogens is 3. The molecule has 2 aromatic carbocycles. The Labute approximate surface area is 193 Å². The highest BCUT2D eigenvalue weighted by molar-refractivity contribution is 5.91. The van der Waals surface area contributed by atoms with E-state index in [-0.39, 0.29) is 11.7 Å². The Morgan fingerprint density at radius 2 is 1.79 bits per heavy atom. The molecule has 0 spiro atoms. The second kappa shape index (κ2) is 10.1. The second-order valence-corrected chi connectivity index (χ2v) is 9.71. The molecule has 0 saturated heterocycles. The number of ether oxygens (including phenoxy) is 1. The summed E-state index contributed by atoms with van der Waals surface area (Å²) in [6.07, 6.45) is 10.5. The van der Waals surface area contributed by atoms with Crippen LogP contribution in [0.5, 0.6) is 5.75 Å². The third-order valence-corrected chi connectivity index (χ3v) is 7.63. The van der Waals surface area contributed by atoms with Crippen LogP contribution in [0.3, 0.4) is 0 Å². The summed E-state index contributed by atoms with van der Waals surface area (Å²) in [7, 11) is 0. The van der Waals surface area contributed by atoms with Crippen LogP contribution in [0.15, 0.2) is 43.0 Å². The highest BCUT2D eigenvalue weighted by Crippen LogP contribution is 2.48. The lowest BCUT2D eigenvalue weighted by Gasteiger charge is -2.42. The summed E-state index contributed by atoms with van der Waals surface area (Å²) in [6.45, 7) is 5.40. The van der Waals surface area contributed by atoms with Crippen molar-refractivity contribution in [2.45, 2.75) is 64.2 Å². The molecular formula is C28H31F3O2. The molecule has 0 amide bonds. The molecule has 2 fully saturated rings. The zero-order valence-corrected chi connectivity index (χ0v) is 19.1. The van der Waals surface area contributed by atoms with E-state index >= 15 is 4.39 Å². The first kappa shape index (κ1) is 23.6. The number of aryl methyl sites for hydroxylation is 1. The fourth-order valence-corrected chi connectivity index (χ4v) is 5.72. The van der Waals surface area contributed by atoms with E-state index in [0.717, 1.165) is 44.1 Å². The monoisotopic (exact) mass is 456 g/mol. The normalized spacial score (nSPS) is 24.7. The predicted molar refractivity (Wildman–Crippen MR) is 123 cm³/mol. The number of hydrogen-bond acceptors (Lipinski definition) is 2. The number of carbonyl (C=O) groups is 1. The molecule has 2 saturated carbocycles. The fourth-order valence-electron chi connectivity index (χ4n) is 5.72. The summed E-state index contributed by atoms with van der Waals surface area (Å²) in [4.78, 5) is 12.4. The summed E-state index contributed by atoms with van der Waals surface area (Å²) in [5.41, 5.74) is 0.266. The van der Waals surface area contributed by atoms with Crippen LogP contribution < -0.4 is 4.74 Å². The van der Waals surface area contributed by atoms with E-state index in [0.29, 0.717) is 23.0 Å². The molecule has 0 radical (unpaired) electrons. The molecule has 2 nitrogen and oxygen atoms in total. The van der Waals surface area contributed by atoms with E-state index in [1.807, 2.05) is 6.08 Å². The lowest BCUT2D eigenvalue weighted by atomic mass is 9.63. The van der Waals surface area contributed by atoms with Crippen LogP contribution in [0.2, 0.25) is 0 Å². The van der Waals surface area contributed by atoms with Crippen LogP contribution in [0.4, 0.5) is 13.2 Å². The average Bonchev–Trinajstić information content (AvgIpc) is 2.81. The Morgan fingerprint density at radius 1 is 1.03 bits per heavy atom. The van der Waals surface area contributed by atoms with Crippen LogP contribution >= 0.6 is 0 Å². The minimum Gasteiger partial charge on any atom is -0.423 e. The van der Waals surface area contributed by atoms with Crippen molar-refractivity contribution in [3.8, 4) is 5.75 Å². The van der Waals surface area contributed by atoms with E-state index in [4.69, 9.17) is 4.74 Å². The van der Waals surface area contributed by atoms with Gasteiger partial charge in [0.1, 0.15) is 11.6 Å². The zero-order valence-electron chi connectivity index (χ0n) is 19.1. The van der Waals surface area contributed by atoms with Crippen LogP contribution in [-0.2, 0) is 0 Å². The number of fused-ring (bicyclic) bond motifs is 1. The molecular weight excluding hydrogens is 425 g/mol. The molecule has 4 unspecified atom stereocenters. The molecule has 0 aliphatic heterocycles. The largest absolute Gasteiger partial charge is 0.423 e. The first-order chi connectivity index (χ1) is 15.9. The zero-order chi connectivity index (χ0) is 23.5. The summed E-state index contributed by atoms with van der Waals surface area (Å²) in [5, 5.41) is 0. The number of carbonyl (C=O) groups excluding carboxylic acids is 1. The third kappa shape index (κ3) is 5.18. The molecule has 176 valence electrons. The Kier molecular flexibility index (Phi) is 7.26. The van der Waals surface area contributed by atoms with Gasteiger partial charge in [-0.3, -0.25) is 0 Å². The van der Waals surface area contributed by atoms with Gasteiger partial charge in [0.25, 0.3) is 0 Å². The topological polar surface area (TPSA) is 26.3 Å². The average molecular weight is 457 g/mol. The van der Waals surface area contributed by atoms with Crippen molar-refractivity contribution in [2.75, 3.05) is 0 Å². The Hall–Kier alpha value is -2.56. The van der Waals surface area contributed by atoms with Gasteiger partial charge in [-0.15, -0.1) is 6.58 Å². The lowest BCUT2D eigenvalue weighted by molar-refractivity contribution is 0.0728. The van der Waals surface area contributed by atoms with E-state index < -0.39 is 29.0 Å². The van der Waals surface area contributed by atoms with Gasteiger partial charge in [-0.25, -0.2) is 18.0 Å². The van der Waals surface area contributed by atoms with Gasteiger partial charge in [-0.1, -0.05) is 24.6 Å². The molecule has 0 heterocycles. The van der Waals surface area contributed by atoms with Crippen LogP contribution in [-0.4, -0.2) is 5.97 Å². The van der Waals surface area contributed by atoms with Gasteiger partial charge in [0, 0.05) is 6.07 Å². The summed E-state index contributed by atoms with van der Waals surface area (Å²) < 4.78 is 48.7. The minimum atomic E-state index is -1.19. The predicted octanol–water partition coefficient (Wildman–Crippen LogP) is 7.90. The SMILES string of the molecule is C=CCCC1CCC2CC(c3ccc(C(=O)Oc4ccc(C)c(F)c4)c(F)c3F)CCC2C1. The van der Waals surface area contributed by atoms with Crippen molar-refractivity contribution in [1.29, 1.82) is 0 Å². The number of allylic oxidation sites excluding steroid dienone is 1. The van der Waals surface area contributed by atoms with E-state index in [1.54, 1.807) is 6.92 Å². The molecule has 4 atom stereocenters. The van der Waals surface area contributed by atoms with E-state index in [2.05, 4.69) is 6.58 Å². The molecule has 0 N–H and O–H groups in total. The molecule has 0 bridgehead atoms. The maximum Gasteiger partial charge on any atom is 0.346 e. The van der Waals surface area contributed by atoms with Gasteiger partial charge in [0.05, 0.1) is 5.56 Å². The van der Waals surface area contributed by atoms with Crippen molar-refractivity contribution in [2.24, 2.45) is 17.8 Å². The summed E-state index contributed by atoms with van der Waals surface area (Å²) >= 11 is 0. The molecule has 5 heteroatoms. The van der Waals surface area contributed by atoms with Crippen LogP contribution in [0, 0.1) is 42.1 Å². The van der Waals surface area contributed by atoms with Crippen molar-refractivity contribution in [1.82, 2.24) is 0 Å². The molecule has 2 aliphatic rings. The fraction of sp³-hybridized carbons (Fsp3) is 0.464. The number of esters is 1. The van der Waals surface area contributed by atoms with Crippen molar-refractivity contribution in [3.05, 3.63) is 77.1 Å². The second-order valence-electron chi connectivity index (χ2n) is 9.71. The van der Waals surface area contributed by atoms with Gasteiger partial charge in [0.15, 0.2) is 11.6 Å². The molecule has 4 rings (SSSR count). The maximum atomic E-state index is 15.0.